The lowest BCUT2D eigenvalue weighted by Gasteiger charge is -2.27. The van der Waals surface area contributed by atoms with Gasteiger partial charge in [-0.1, -0.05) is 56.0 Å². The van der Waals surface area contributed by atoms with Crippen molar-refractivity contribution in [3.63, 3.8) is 0 Å². The molecule has 166 valence electrons. The molecule has 0 saturated carbocycles. The van der Waals surface area contributed by atoms with Gasteiger partial charge in [-0.2, -0.15) is 4.39 Å². The van der Waals surface area contributed by atoms with Crippen molar-refractivity contribution in [3.8, 4) is 28.0 Å². The van der Waals surface area contributed by atoms with Crippen LogP contribution in [0.2, 0.25) is 0 Å². The molecular weight excluding hydrogens is 417 g/mol. The molecule has 0 atom stereocenters. The monoisotopic (exact) mass is 440 g/mol. The Hall–Kier alpha value is -3.09. The highest BCUT2D eigenvalue weighted by molar-refractivity contribution is 5.71. The third kappa shape index (κ3) is 4.56. The van der Waals surface area contributed by atoms with Gasteiger partial charge in [-0.25, -0.2) is 8.78 Å². The van der Waals surface area contributed by atoms with E-state index in [1.807, 2.05) is 6.92 Å². The van der Waals surface area contributed by atoms with Crippen LogP contribution < -0.4 is 4.74 Å². The minimum absolute atomic E-state index is 0.0763. The molecule has 0 unspecified atom stereocenters. The van der Waals surface area contributed by atoms with Gasteiger partial charge < -0.3 is 14.2 Å². The average Bonchev–Trinajstić information content (AvgIpc) is 2.81. The van der Waals surface area contributed by atoms with Gasteiger partial charge in [0.2, 0.25) is 5.82 Å². The van der Waals surface area contributed by atoms with Crippen molar-refractivity contribution in [2.75, 3.05) is 19.8 Å². The molecule has 1 fully saturated rings. The van der Waals surface area contributed by atoms with Crippen molar-refractivity contribution in [1.29, 1.82) is 0 Å². The van der Waals surface area contributed by atoms with Gasteiger partial charge in [-0.15, -0.1) is 0 Å². The van der Waals surface area contributed by atoms with E-state index in [0.29, 0.717) is 41.4 Å². The molecule has 3 aromatic rings. The summed E-state index contributed by atoms with van der Waals surface area (Å²) in [4.78, 5) is 0. The first-order valence-electron chi connectivity index (χ1n) is 10.3. The predicted octanol–water partition coefficient (Wildman–Crippen LogP) is 6.68. The van der Waals surface area contributed by atoms with Crippen LogP contribution in [0.5, 0.6) is 5.75 Å². The Bertz CT molecular complexity index is 1100. The zero-order valence-corrected chi connectivity index (χ0v) is 17.6. The Morgan fingerprint density at radius 1 is 0.906 bits per heavy atom. The average molecular weight is 440 g/mol. The fourth-order valence-electron chi connectivity index (χ4n) is 3.55. The third-order valence-corrected chi connectivity index (χ3v) is 5.24. The van der Waals surface area contributed by atoms with Crippen molar-refractivity contribution in [3.05, 3.63) is 90.3 Å². The summed E-state index contributed by atoms with van der Waals surface area (Å²) in [5, 5.41) is 0. The Labute approximate surface area is 185 Å². The second kappa shape index (κ2) is 9.59. The zero-order chi connectivity index (χ0) is 22.7. The summed E-state index contributed by atoms with van der Waals surface area (Å²) in [5.74, 6) is -2.34. The van der Waals surface area contributed by atoms with Crippen LogP contribution in [0.15, 0.2) is 67.3 Å². The van der Waals surface area contributed by atoms with Crippen LogP contribution in [-0.2, 0) is 9.47 Å². The van der Waals surface area contributed by atoms with Crippen LogP contribution in [0.25, 0.3) is 22.3 Å². The van der Waals surface area contributed by atoms with Crippen LogP contribution in [0, 0.1) is 23.4 Å². The molecule has 0 aromatic heterocycles. The minimum Gasteiger partial charge on any atom is -0.486 e. The molecule has 1 aliphatic heterocycles. The van der Waals surface area contributed by atoms with Gasteiger partial charge in [0, 0.05) is 22.6 Å². The van der Waals surface area contributed by atoms with E-state index in [1.54, 1.807) is 36.4 Å². The Balaban J connectivity index is 1.55. The quantitative estimate of drug-likeness (QED) is 0.400. The molecule has 0 spiro atoms. The number of ether oxygens (including phenoxy) is 3. The highest BCUT2D eigenvalue weighted by atomic mass is 19.2. The van der Waals surface area contributed by atoms with E-state index in [9.17, 15) is 13.2 Å². The molecule has 1 saturated heterocycles. The lowest BCUT2D eigenvalue weighted by Crippen LogP contribution is -2.25. The van der Waals surface area contributed by atoms with E-state index in [1.165, 1.54) is 24.3 Å². The van der Waals surface area contributed by atoms with Crippen LogP contribution >= 0.6 is 0 Å². The maximum Gasteiger partial charge on any atom is 0.201 e. The van der Waals surface area contributed by atoms with Crippen LogP contribution in [0.4, 0.5) is 13.2 Å². The fraction of sp³-hybridized carbons (Fsp3) is 0.231. The summed E-state index contributed by atoms with van der Waals surface area (Å²) in [6, 6.07) is 14.2. The van der Waals surface area contributed by atoms with Crippen molar-refractivity contribution in [1.82, 2.24) is 0 Å². The van der Waals surface area contributed by atoms with Crippen LogP contribution in [0.3, 0.4) is 0 Å². The number of rotatable bonds is 6. The Morgan fingerprint density at radius 2 is 1.53 bits per heavy atom. The first-order chi connectivity index (χ1) is 15.5. The van der Waals surface area contributed by atoms with E-state index in [0.717, 1.165) is 0 Å². The predicted molar refractivity (Wildman–Crippen MR) is 117 cm³/mol. The van der Waals surface area contributed by atoms with Gasteiger partial charge >= 0.3 is 0 Å². The topological polar surface area (TPSA) is 27.7 Å². The minimum atomic E-state index is -1.06. The molecule has 6 heteroatoms. The molecule has 1 aliphatic rings. The molecule has 3 aromatic carbocycles. The van der Waals surface area contributed by atoms with Crippen molar-refractivity contribution in [2.45, 2.75) is 13.2 Å². The first-order valence-corrected chi connectivity index (χ1v) is 10.3. The second-order valence-corrected chi connectivity index (χ2v) is 7.76. The lowest BCUT2D eigenvalue weighted by molar-refractivity contribution is -0.202. The van der Waals surface area contributed by atoms with Crippen molar-refractivity contribution < 1.29 is 27.4 Å². The maximum absolute atomic E-state index is 14.8. The molecule has 0 aliphatic carbocycles. The van der Waals surface area contributed by atoms with E-state index < -0.39 is 23.7 Å². The Kier molecular flexibility index (Phi) is 6.63. The van der Waals surface area contributed by atoms with Crippen LogP contribution in [0.1, 0.15) is 18.8 Å². The first kappa shape index (κ1) is 22.1. The third-order valence-electron chi connectivity index (χ3n) is 5.24. The number of benzene rings is 3. The molecule has 0 amide bonds. The molecule has 0 bridgehead atoms. The van der Waals surface area contributed by atoms with E-state index in [4.69, 9.17) is 14.2 Å². The van der Waals surface area contributed by atoms with Crippen molar-refractivity contribution >= 4 is 0 Å². The second-order valence-electron chi connectivity index (χ2n) is 7.76. The lowest BCUT2D eigenvalue weighted by atomic mass is 9.98. The maximum atomic E-state index is 14.8. The summed E-state index contributed by atoms with van der Waals surface area (Å²) in [6.45, 7) is 6.71. The largest absolute Gasteiger partial charge is 0.486 e. The van der Waals surface area contributed by atoms with E-state index in [2.05, 4.69) is 6.58 Å². The molecule has 32 heavy (non-hydrogen) atoms. The molecule has 0 N–H and O–H groups in total. The van der Waals surface area contributed by atoms with Gasteiger partial charge in [0.1, 0.15) is 12.4 Å². The fourth-order valence-corrected chi connectivity index (χ4v) is 3.55. The molecule has 4 rings (SSSR count). The number of halogens is 3. The zero-order valence-electron chi connectivity index (χ0n) is 17.6. The highest BCUT2D eigenvalue weighted by Gasteiger charge is 2.22. The van der Waals surface area contributed by atoms with Crippen LogP contribution in [-0.4, -0.2) is 19.8 Å². The summed E-state index contributed by atoms with van der Waals surface area (Å²) < 4.78 is 60.0. The van der Waals surface area contributed by atoms with Gasteiger partial charge in [0.15, 0.2) is 17.9 Å². The van der Waals surface area contributed by atoms with E-state index >= 15 is 0 Å². The Morgan fingerprint density at radius 3 is 2.16 bits per heavy atom. The summed E-state index contributed by atoms with van der Waals surface area (Å²) >= 11 is 0. The molecule has 1 heterocycles. The normalized spacial score (nSPS) is 18.4. The summed E-state index contributed by atoms with van der Waals surface area (Å²) in [6.07, 6.45) is 0.874. The smallest absolute Gasteiger partial charge is 0.201 e. The summed E-state index contributed by atoms with van der Waals surface area (Å²) in [5.41, 5.74) is 2.19. The van der Waals surface area contributed by atoms with Gasteiger partial charge in [-0.3, -0.25) is 0 Å². The molecule has 3 nitrogen and oxygen atoms in total. The van der Waals surface area contributed by atoms with E-state index in [-0.39, 0.29) is 17.9 Å². The van der Waals surface area contributed by atoms with Crippen molar-refractivity contribution in [2.24, 2.45) is 5.92 Å². The molecule has 0 radical (unpaired) electrons. The van der Waals surface area contributed by atoms with Gasteiger partial charge in [-0.05, 0) is 29.3 Å². The molecular formula is C26H23F3O3. The van der Waals surface area contributed by atoms with Gasteiger partial charge in [0.05, 0.1) is 13.2 Å². The van der Waals surface area contributed by atoms with Gasteiger partial charge in [0.25, 0.3) is 0 Å². The SMILES string of the molecule is C=CCOc1ccc(-c2ccc(-c3ccc(C4OCC(C)CO4)cc3F)cc2)c(F)c1F. The number of hydrogen-bond acceptors (Lipinski definition) is 3. The number of hydrogen-bond donors (Lipinski definition) is 0. The highest BCUT2D eigenvalue weighted by Crippen LogP contribution is 2.33. The summed E-state index contributed by atoms with van der Waals surface area (Å²) in [7, 11) is 0. The standard InChI is InChI=1S/C26H23F3O3/c1-3-12-30-23-11-10-21(24(28)25(23)29)18-6-4-17(5-7-18)20-9-8-19(13-22(20)27)26-31-14-16(2)15-32-26/h3-11,13,16,26H,1,12,14-15H2,2H3.